The van der Waals surface area contributed by atoms with Gasteiger partial charge in [0, 0.05) is 19.3 Å². The van der Waals surface area contributed by atoms with Crippen molar-refractivity contribution in [3.8, 4) is 0 Å². The number of hydrogen-bond acceptors (Lipinski definition) is 3. The van der Waals surface area contributed by atoms with Crippen LogP contribution in [0.15, 0.2) is 18.3 Å². The van der Waals surface area contributed by atoms with E-state index in [4.69, 9.17) is 0 Å². The summed E-state index contributed by atoms with van der Waals surface area (Å²) in [6.45, 7) is 12.1. The van der Waals surface area contributed by atoms with E-state index in [1.807, 2.05) is 17.8 Å². The van der Waals surface area contributed by atoms with Crippen LogP contribution in [-0.2, 0) is 19.6 Å². The molecule has 1 N–H and O–H groups in total. The van der Waals surface area contributed by atoms with Crippen LogP contribution in [0.25, 0.3) is 0 Å². The van der Waals surface area contributed by atoms with Gasteiger partial charge in [0.25, 0.3) is 0 Å². The number of nitrogens with one attached hydrogen (secondary N) is 1. The van der Waals surface area contributed by atoms with Crippen LogP contribution in [0.4, 0.5) is 0 Å². The maximum Gasteiger partial charge on any atom is 0.0832 e. The smallest absolute Gasteiger partial charge is 0.0832 e. The van der Waals surface area contributed by atoms with Crippen LogP contribution in [0.2, 0.25) is 0 Å². The largest absolute Gasteiger partial charge is 0.311 e. The van der Waals surface area contributed by atoms with Crippen LogP contribution in [0.1, 0.15) is 37.9 Å². The monoisotopic (exact) mass is 275 g/mol. The second kappa shape index (κ2) is 6.70. The molecule has 5 heteroatoms. The third kappa shape index (κ3) is 3.70. The van der Waals surface area contributed by atoms with Gasteiger partial charge >= 0.3 is 0 Å². The summed E-state index contributed by atoms with van der Waals surface area (Å²) in [5.74, 6) is 0.663. The third-order valence-electron chi connectivity index (χ3n) is 3.26. The summed E-state index contributed by atoms with van der Waals surface area (Å²) in [6, 6.07) is 4.21. The van der Waals surface area contributed by atoms with E-state index in [-0.39, 0.29) is 0 Å². The van der Waals surface area contributed by atoms with Gasteiger partial charge in [0.05, 0.1) is 23.6 Å². The van der Waals surface area contributed by atoms with Crippen LogP contribution in [-0.4, -0.2) is 26.1 Å². The highest BCUT2D eigenvalue weighted by atomic mass is 15.3. The highest BCUT2D eigenvalue weighted by Crippen LogP contribution is 2.08. The van der Waals surface area contributed by atoms with Gasteiger partial charge in [-0.25, -0.2) is 0 Å². The van der Waals surface area contributed by atoms with Gasteiger partial charge in [-0.2, -0.15) is 10.2 Å². The molecule has 0 aromatic carbocycles. The normalized spacial score (nSPS) is 11.4. The molecule has 2 heterocycles. The number of nitrogens with zero attached hydrogens (tertiary/aromatic N) is 4. The minimum Gasteiger partial charge on any atom is -0.311 e. The zero-order valence-corrected chi connectivity index (χ0v) is 12.9. The molecule has 2 aromatic rings. The van der Waals surface area contributed by atoms with Gasteiger partial charge in [-0.3, -0.25) is 9.36 Å². The molecular weight excluding hydrogens is 250 g/mol. The van der Waals surface area contributed by atoms with Gasteiger partial charge in [-0.05, 0) is 38.4 Å². The molecule has 0 bridgehead atoms. The van der Waals surface area contributed by atoms with Gasteiger partial charge in [0.15, 0.2) is 0 Å². The zero-order chi connectivity index (χ0) is 14.5. The average Bonchev–Trinajstić information content (AvgIpc) is 2.96. The third-order valence-corrected chi connectivity index (χ3v) is 3.26. The van der Waals surface area contributed by atoms with E-state index >= 15 is 0 Å². The summed E-state index contributed by atoms with van der Waals surface area (Å²) in [7, 11) is 0. The van der Waals surface area contributed by atoms with Crippen molar-refractivity contribution in [2.45, 2.75) is 47.3 Å². The highest BCUT2D eigenvalue weighted by Gasteiger charge is 2.08. The predicted octanol–water partition coefficient (Wildman–Crippen LogP) is 2.20. The van der Waals surface area contributed by atoms with E-state index in [0.29, 0.717) is 5.92 Å². The van der Waals surface area contributed by atoms with Gasteiger partial charge in [0.1, 0.15) is 0 Å². The SMILES string of the molecule is CCn1nc(C)cc1Cn1nccc1CNCC(C)C. The lowest BCUT2D eigenvalue weighted by Crippen LogP contribution is -2.21. The fraction of sp³-hybridized carbons (Fsp3) is 0.600. The van der Waals surface area contributed by atoms with Gasteiger partial charge in [-0.15, -0.1) is 0 Å². The van der Waals surface area contributed by atoms with Crippen molar-refractivity contribution in [1.82, 2.24) is 24.9 Å². The topological polar surface area (TPSA) is 47.7 Å². The summed E-state index contributed by atoms with van der Waals surface area (Å²) in [5.41, 5.74) is 3.49. The van der Waals surface area contributed by atoms with Gasteiger partial charge < -0.3 is 5.32 Å². The average molecular weight is 275 g/mol. The molecule has 0 fully saturated rings. The standard InChI is InChI=1S/C15H25N5/c1-5-19-15(8-13(4)18-19)11-20-14(6-7-17-20)10-16-9-12(2)3/h6-8,12,16H,5,9-11H2,1-4H3. The molecular formula is C15H25N5. The molecule has 0 spiro atoms. The lowest BCUT2D eigenvalue weighted by atomic mass is 10.2. The summed E-state index contributed by atoms with van der Waals surface area (Å²) >= 11 is 0. The van der Waals surface area contributed by atoms with Crippen molar-refractivity contribution in [3.05, 3.63) is 35.4 Å². The van der Waals surface area contributed by atoms with Gasteiger partial charge in [0.2, 0.25) is 0 Å². The van der Waals surface area contributed by atoms with Crippen molar-refractivity contribution in [2.75, 3.05) is 6.54 Å². The van der Waals surface area contributed by atoms with E-state index in [1.54, 1.807) is 0 Å². The Morgan fingerprint density at radius 1 is 1.25 bits per heavy atom. The summed E-state index contributed by atoms with van der Waals surface area (Å²) in [4.78, 5) is 0. The molecule has 5 nitrogen and oxygen atoms in total. The van der Waals surface area contributed by atoms with Crippen molar-refractivity contribution in [2.24, 2.45) is 5.92 Å². The van der Waals surface area contributed by atoms with Gasteiger partial charge in [-0.1, -0.05) is 13.8 Å². The maximum absolute atomic E-state index is 4.48. The molecule has 0 saturated carbocycles. The Hall–Kier alpha value is -1.62. The van der Waals surface area contributed by atoms with E-state index in [2.05, 4.69) is 53.1 Å². The van der Waals surface area contributed by atoms with Crippen molar-refractivity contribution in [1.29, 1.82) is 0 Å². The highest BCUT2D eigenvalue weighted by molar-refractivity contribution is 5.11. The Morgan fingerprint density at radius 3 is 2.75 bits per heavy atom. The first-order valence-electron chi connectivity index (χ1n) is 7.35. The Balaban J connectivity index is 2.04. The van der Waals surface area contributed by atoms with Crippen molar-refractivity contribution < 1.29 is 0 Å². The van der Waals surface area contributed by atoms with E-state index in [9.17, 15) is 0 Å². The summed E-state index contributed by atoms with van der Waals surface area (Å²) in [6.07, 6.45) is 1.87. The molecule has 0 aliphatic rings. The first-order valence-corrected chi connectivity index (χ1v) is 7.35. The predicted molar refractivity (Wildman–Crippen MR) is 80.5 cm³/mol. The fourth-order valence-corrected chi connectivity index (χ4v) is 2.30. The molecule has 2 rings (SSSR count). The number of rotatable bonds is 7. The molecule has 0 unspecified atom stereocenters. The van der Waals surface area contributed by atoms with Crippen LogP contribution in [0, 0.1) is 12.8 Å². The molecule has 20 heavy (non-hydrogen) atoms. The van der Waals surface area contributed by atoms with Crippen molar-refractivity contribution in [3.63, 3.8) is 0 Å². The second-order valence-electron chi connectivity index (χ2n) is 5.60. The molecule has 0 atom stereocenters. The maximum atomic E-state index is 4.48. The molecule has 110 valence electrons. The molecule has 0 saturated heterocycles. The second-order valence-corrected chi connectivity index (χ2v) is 5.60. The number of aromatic nitrogens is 4. The summed E-state index contributed by atoms with van der Waals surface area (Å²) in [5, 5.41) is 12.4. The molecule has 0 amide bonds. The molecule has 0 aliphatic carbocycles. The summed E-state index contributed by atoms with van der Waals surface area (Å²) < 4.78 is 4.10. The lowest BCUT2D eigenvalue weighted by Gasteiger charge is -2.11. The quantitative estimate of drug-likeness (QED) is 0.842. The molecule has 0 radical (unpaired) electrons. The number of hydrogen-bond donors (Lipinski definition) is 1. The first-order chi connectivity index (χ1) is 9.60. The van der Waals surface area contributed by atoms with Crippen LogP contribution in [0.3, 0.4) is 0 Å². The van der Waals surface area contributed by atoms with E-state index < -0.39 is 0 Å². The van der Waals surface area contributed by atoms with Crippen LogP contribution < -0.4 is 5.32 Å². The Bertz CT molecular complexity index is 538. The lowest BCUT2D eigenvalue weighted by molar-refractivity contribution is 0.518. The molecule has 2 aromatic heterocycles. The molecule has 0 aliphatic heterocycles. The zero-order valence-electron chi connectivity index (χ0n) is 12.9. The van der Waals surface area contributed by atoms with Crippen LogP contribution in [0.5, 0.6) is 0 Å². The minimum absolute atomic E-state index is 0.663. The fourth-order valence-electron chi connectivity index (χ4n) is 2.30. The minimum atomic E-state index is 0.663. The van der Waals surface area contributed by atoms with E-state index in [1.165, 1.54) is 11.4 Å². The first kappa shape index (κ1) is 14.8. The van der Waals surface area contributed by atoms with Crippen molar-refractivity contribution >= 4 is 0 Å². The van der Waals surface area contributed by atoms with Crippen LogP contribution >= 0.6 is 0 Å². The Labute approximate surface area is 121 Å². The Morgan fingerprint density at radius 2 is 2.05 bits per heavy atom. The van der Waals surface area contributed by atoms with E-state index in [0.717, 1.165) is 31.9 Å². The Kier molecular flexibility index (Phi) is 4.95. The number of aryl methyl sites for hydroxylation is 2.